The van der Waals surface area contributed by atoms with Gasteiger partial charge < -0.3 is 0 Å². The van der Waals surface area contributed by atoms with Gasteiger partial charge in [-0.1, -0.05) is 64.5 Å². The molecule has 0 amide bonds. The lowest BCUT2D eigenvalue weighted by atomic mass is 9.87. The molecule has 0 bridgehead atoms. The summed E-state index contributed by atoms with van der Waals surface area (Å²) < 4.78 is 29.7. The molecule has 0 unspecified atom stereocenters. The number of nitrogens with zero attached hydrogens (tertiary/aromatic N) is 3. The van der Waals surface area contributed by atoms with Gasteiger partial charge in [0.2, 0.25) is 0 Å². The van der Waals surface area contributed by atoms with Gasteiger partial charge in [-0.05, 0) is 36.0 Å². The van der Waals surface area contributed by atoms with Gasteiger partial charge in [-0.25, -0.2) is 0 Å². The van der Waals surface area contributed by atoms with E-state index in [1.165, 1.54) is 6.08 Å². The molecule has 1 aromatic carbocycles. The van der Waals surface area contributed by atoms with Crippen LogP contribution in [-0.4, -0.2) is 28.7 Å². The van der Waals surface area contributed by atoms with Crippen LogP contribution in [0.4, 0.5) is 11.4 Å². The van der Waals surface area contributed by atoms with E-state index in [-0.39, 0.29) is 16.6 Å². The summed E-state index contributed by atoms with van der Waals surface area (Å²) in [4.78, 5) is 34.1. The highest BCUT2D eigenvalue weighted by Gasteiger charge is 2.34. The summed E-state index contributed by atoms with van der Waals surface area (Å²) in [6.07, 6.45) is 3.27. The number of aromatic nitrogens is 1. The van der Waals surface area contributed by atoms with Crippen molar-refractivity contribution in [1.29, 1.82) is 0 Å². The van der Waals surface area contributed by atoms with Gasteiger partial charge in [0.15, 0.2) is 5.69 Å². The predicted octanol–water partition coefficient (Wildman–Crippen LogP) is 4.00. The van der Waals surface area contributed by atoms with Gasteiger partial charge in [0, 0.05) is 0 Å². The summed E-state index contributed by atoms with van der Waals surface area (Å²) in [5, 5.41) is 23.3. The van der Waals surface area contributed by atoms with Crippen LogP contribution in [0.3, 0.4) is 0 Å². The number of benzene rings is 1. The predicted molar refractivity (Wildman–Crippen MR) is 128 cm³/mol. The van der Waals surface area contributed by atoms with E-state index in [1.54, 1.807) is 19.1 Å². The number of hydrogen-bond donors (Lipinski definition) is 0. The van der Waals surface area contributed by atoms with Crippen LogP contribution in [0, 0.1) is 27.2 Å². The van der Waals surface area contributed by atoms with Crippen molar-refractivity contribution in [2.75, 3.05) is 5.75 Å². The Labute approximate surface area is 197 Å². The van der Waals surface area contributed by atoms with Gasteiger partial charge in [-0.3, -0.25) is 29.3 Å². The Morgan fingerprint density at radius 1 is 1.03 bits per heavy atom. The van der Waals surface area contributed by atoms with Crippen LogP contribution in [0.25, 0.3) is 12.2 Å². The zero-order valence-electron chi connectivity index (χ0n) is 19.6. The standard InChI is InChI=1S/C22H27N3O8S/c1-6-7-14-34(31,32)33-23-18(13-10-16-8-11-17(12-9-16)22(3,4)5)19(24(27)28)15(2)20(21(23)26)25(29)30/h8-13H,6-7,14H2,1-5H3/b13-10+. The Morgan fingerprint density at radius 3 is 2.06 bits per heavy atom. The summed E-state index contributed by atoms with van der Waals surface area (Å²) in [7, 11) is -4.36. The Bertz CT molecular complexity index is 1290. The van der Waals surface area contributed by atoms with E-state index in [2.05, 4.69) is 0 Å². The summed E-state index contributed by atoms with van der Waals surface area (Å²) in [5.74, 6) is -0.469. The van der Waals surface area contributed by atoms with E-state index in [0.29, 0.717) is 12.0 Å². The zero-order chi connectivity index (χ0) is 25.8. The third-order valence-electron chi connectivity index (χ3n) is 5.07. The molecule has 0 fully saturated rings. The van der Waals surface area contributed by atoms with Crippen LogP contribution in [0.1, 0.15) is 62.9 Å². The van der Waals surface area contributed by atoms with E-state index in [1.807, 2.05) is 32.9 Å². The van der Waals surface area contributed by atoms with Crippen LogP contribution < -0.4 is 9.84 Å². The van der Waals surface area contributed by atoms with Gasteiger partial charge in [-0.15, -0.1) is 4.73 Å². The summed E-state index contributed by atoms with van der Waals surface area (Å²) in [6.45, 7) is 8.91. The topological polar surface area (TPSA) is 152 Å². The van der Waals surface area contributed by atoms with Crippen LogP contribution in [0.15, 0.2) is 29.1 Å². The zero-order valence-corrected chi connectivity index (χ0v) is 20.4. The lowest BCUT2D eigenvalue weighted by molar-refractivity contribution is -0.397. The van der Waals surface area contributed by atoms with Gasteiger partial charge in [0.1, 0.15) is 5.56 Å². The first-order chi connectivity index (χ1) is 15.7. The number of rotatable bonds is 9. The van der Waals surface area contributed by atoms with Crippen molar-refractivity contribution in [3.05, 3.63) is 77.2 Å². The van der Waals surface area contributed by atoms with Crippen molar-refractivity contribution in [3.8, 4) is 0 Å². The van der Waals surface area contributed by atoms with Crippen molar-refractivity contribution in [2.45, 2.75) is 52.9 Å². The lowest BCUT2D eigenvalue weighted by Gasteiger charge is -2.18. The van der Waals surface area contributed by atoms with Crippen molar-refractivity contribution in [1.82, 2.24) is 4.73 Å². The first kappa shape index (κ1) is 26.7. The molecule has 0 spiro atoms. The first-order valence-electron chi connectivity index (χ1n) is 10.5. The molecular formula is C22H27N3O8S. The minimum Gasteiger partial charge on any atom is -0.283 e. The highest BCUT2D eigenvalue weighted by atomic mass is 32.2. The van der Waals surface area contributed by atoms with E-state index in [4.69, 9.17) is 4.28 Å². The summed E-state index contributed by atoms with van der Waals surface area (Å²) in [6, 6.07) is 7.24. The monoisotopic (exact) mass is 493 g/mol. The van der Waals surface area contributed by atoms with Gasteiger partial charge in [-0.2, -0.15) is 8.42 Å². The number of nitro groups is 2. The smallest absolute Gasteiger partial charge is 0.283 e. The molecule has 0 aliphatic rings. The molecule has 0 N–H and O–H groups in total. The van der Waals surface area contributed by atoms with E-state index >= 15 is 0 Å². The molecule has 0 saturated heterocycles. The molecule has 2 rings (SSSR count). The SMILES string of the molecule is CCCCS(=O)(=O)On1c(/C=C/c2ccc(C(C)(C)C)cc2)c([N+](=O)[O-])c(C)c([N+](=O)[O-])c1=O. The fraction of sp³-hybridized carbons (Fsp3) is 0.409. The molecule has 11 nitrogen and oxygen atoms in total. The van der Waals surface area contributed by atoms with Crippen molar-refractivity contribution >= 4 is 33.6 Å². The van der Waals surface area contributed by atoms with Crippen molar-refractivity contribution in [3.63, 3.8) is 0 Å². The quantitative estimate of drug-likeness (QED) is 0.375. The average molecular weight is 494 g/mol. The van der Waals surface area contributed by atoms with Crippen LogP contribution >= 0.6 is 0 Å². The molecule has 0 atom stereocenters. The number of hydrogen-bond acceptors (Lipinski definition) is 8. The molecule has 0 aliphatic carbocycles. The maximum absolute atomic E-state index is 12.8. The van der Waals surface area contributed by atoms with Crippen molar-refractivity contribution < 1.29 is 22.5 Å². The van der Waals surface area contributed by atoms with Crippen LogP contribution in [-0.2, 0) is 15.5 Å². The third kappa shape index (κ3) is 6.07. The molecule has 12 heteroatoms. The maximum Gasteiger partial charge on any atom is 0.363 e. The fourth-order valence-electron chi connectivity index (χ4n) is 3.17. The Hall–Kier alpha value is -3.54. The molecule has 1 aromatic heterocycles. The summed E-state index contributed by atoms with van der Waals surface area (Å²) in [5.41, 5.74) is -2.85. The van der Waals surface area contributed by atoms with E-state index in [9.17, 15) is 33.4 Å². The molecule has 1 heterocycles. The second kappa shape index (κ2) is 10.2. The molecular weight excluding hydrogens is 466 g/mol. The van der Waals surface area contributed by atoms with Crippen LogP contribution in [0.5, 0.6) is 0 Å². The third-order valence-corrected chi connectivity index (χ3v) is 6.24. The molecule has 0 radical (unpaired) electrons. The summed E-state index contributed by atoms with van der Waals surface area (Å²) >= 11 is 0. The minimum atomic E-state index is -4.36. The normalized spacial score (nSPS) is 12.1. The molecule has 34 heavy (non-hydrogen) atoms. The van der Waals surface area contributed by atoms with Crippen molar-refractivity contribution in [2.24, 2.45) is 0 Å². The van der Waals surface area contributed by atoms with Gasteiger partial charge in [0.05, 0.1) is 15.6 Å². The van der Waals surface area contributed by atoms with E-state index in [0.717, 1.165) is 18.6 Å². The molecule has 0 aliphatic heterocycles. The molecule has 2 aromatic rings. The van der Waals surface area contributed by atoms with E-state index < -0.39 is 53.9 Å². The molecule has 184 valence electrons. The second-order valence-corrected chi connectivity index (χ2v) is 10.4. The van der Waals surface area contributed by atoms with Crippen LogP contribution in [0.2, 0.25) is 0 Å². The number of unbranched alkanes of at least 4 members (excludes halogenated alkanes) is 1. The lowest BCUT2D eigenvalue weighted by Crippen LogP contribution is -2.36. The highest BCUT2D eigenvalue weighted by molar-refractivity contribution is 7.86. The first-order valence-corrected chi connectivity index (χ1v) is 12.1. The highest BCUT2D eigenvalue weighted by Crippen LogP contribution is 2.30. The minimum absolute atomic E-state index is 0.0995. The Kier molecular flexibility index (Phi) is 7.98. The van der Waals surface area contributed by atoms with Gasteiger partial charge in [0.25, 0.3) is 0 Å². The Balaban J connectivity index is 2.75. The second-order valence-electron chi connectivity index (χ2n) is 8.72. The fourth-order valence-corrected chi connectivity index (χ4v) is 4.27. The largest absolute Gasteiger partial charge is 0.363 e. The number of pyridine rings is 1. The maximum atomic E-state index is 12.8. The van der Waals surface area contributed by atoms with Gasteiger partial charge >= 0.3 is 27.1 Å². The molecule has 0 saturated carbocycles. The average Bonchev–Trinajstić information content (AvgIpc) is 2.72. The Morgan fingerprint density at radius 2 is 1.59 bits per heavy atom.